The van der Waals surface area contributed by atoms with E-state index in [-0.39, 0.29) is 0 Å². The molecule has 0 aliphatic heterocycles. The molecule has 0 saturated carbocycles. The van der Waals surface area contributed by atoms with Gasteiger partial charge in [0, 0.05) is 18.8 Å². The maximum absolute atomic E-state index is 8.36. The van der Waals surface area contributed by atoms with Crippen molar-refractivity contribution in [2.45, 2.75) is 12.8 Å². The molecule has 2 nitrogen and oxygen atoms in total. The van der Waals surface area contributed by atoms with Gasteiger partial charge in [-0.05, 0) is 12.0 Å². The van der Waals surface area contributed by atoms with Crippen molar-refractivity contribution < 1.29 is 0 Å². The first kappa shape index (κ1) is 9.31. The van der Waals surface area contributed by atoms with Gasteiger partial charge in [0.2, 0.25) is 0 Å². The van der Waals surface area contributed by atoms with Crippen molar-refractivity contribution in [1.29, 1.82) is 5.26 Å². The van der Waals surface area contributed by atoms with E-state index in [9.17, 15) is 0 Å². The van der Waals surface area contributed by atoms with Gasteiger partial charge in [-0.1, -0.05) is 23.2 Å². The fourth-order valence-electron chi connectivity index (χ4n) is 0.858. The smallest absolute Gasteiger partial charge is 0.0636 e. The minimum atomic E-state index is 0.420. The van der Waals surface area contributed by atoms with E-state index in [2.05, 4.69) is 4.98 Å². The summed E-state index contributed by atoms with van der Waals surface area (Å²) in [4.78, 5) is 3.81. The zero-order valence-electron chi connectivity index (χ0n) is 6.22. The van der Waals surface area contributed by atoms with E-state index >= 15 is 0 Å². The highest BCUT2D eigenvalue weighted by molar-refractivity contribution is 6.35. The molecule has 1 heterocycles. The van der Waals surface area contributed by atoms with Crippen molar-refractivity contribution in [2.24, 2.45) is 0 Å². The van der Waals surface area contributed by atoms with Crippen LogP contribution in [-0.4, -0.2) is 4.98 Å². The summed E-state index contributed by atoms with van der Waals surface area (Å²) in [6, 6.07) is 2.03. The number of aromatic nitrogens is 1. The van der Waals surface area contributed by atoms with Gasteiger partial charge < -0.3 is 0 Å². The highest BCUT2D eigenvalue weighted by Crippen LogP contribution is 2.23. The van der Waals surface area contributed by atoms with E-state index in [1.165, 1.54) is 12.4 Å². The molecular weight excluding hydrogens is 195 g/mol. The number of rotatable bonds is 2. The van der Waals surface area contributed by atoms with E-state index in [0.29, 0.717) is 22.9 Å². The summed E-state index contributed by atoms with van der Waals surface area (Å²) in [5.41, 5.74) is 0.801. The molecular formula is C8H6Cl2N2. The van der Waals surface area contributed by atoms with Gasteiger partial charge in [0.05, 0.1) is 16.1 Å². The van der Waals surface area contributed by atoms with E-state index < -0.39 is 0 Å². The zero-order chi connectivity index (χ0) is 8.97. The quantitative estimate of drug-likeness (QED) is 0.737. The zero-order valence-corrected chi connectivity index (χ0v) is 7.73. The molecule has 1 aromatic rings. The van der Waals surface area contributed by atoms with Gasteiger partial charge in [0.15, 0.2) is 0 Å². The molecule has 0 spiro atoms. The summed E-state index contributed by atoms with van der Waals surface area (Å²) in [5, 5.41) is 9.41. The Morgan fingerprint density at radius 3 is 2.42 bits per heavy atom. The fraction of sp³-hybridized carbons (Fsp3) is 0.250. The molecule has 0 aromatic carbocycles. The average Bonchev–Trinajstić information content (AvgIpc) is 2.04. The molecule has 0 amide bonds. The lowest BCUT2D eigenvalue weighted by molar-refractivity contribution is 1.00. The van der Waals surface area contributed by atoms with Crippen LogP contribution in [0.1, 0.15) is 12.0 Å². The number of hydrogen-bond acceptors (Lipinski definition) is 2. The van der Waals surface area contributed by atoms with Gasteiger partial charge in [-0.15, -0.1) is 0 Å². The van der Waals surface area contributed by atoms with Crippen LogP contribution in [0.3, 0.4) is 0 Å². The first-order valence-electron chi connectivity index (χ1n) is 3.40. The lowest BCUT2D eigenvalue weighted by atomic mass is 10.1. The minimum absolute atomic E-state index is 0.420. The number of pyridine rings is 1. The van der Waals surface area contributed by atoms with Crippen LogP contribution in [0.5, 0.6) is 0 Å². The molecule has 0 aliphatic rings. The Hall–Kier alpha value is -0.780. The van der Waals surface area contributed by atoms with Crippen LogP contribution in [0.4, 0.5) is 0 Å². The highest BCUT2D eigenvalue weighted by Gasteiger charge is 2.04. The summed E-state index contributed by atoms with van der Waals surface area (Å²) >= 11 is 11.6. The van der Waals surface area contributed by atoms with Gasteiger partial charge >= 0.3 is 0 Å². The first-order chi connectivity index (χ1) is 5.75. The van der Waals surface area contributed by atoms with Crippen LogP contribution in [0.25, 0.3) is 0 Å². The predicted octanol–water partition coefficient (Wildman–Crippen LogP) is 2.84. The van der Waals surface area contributed by atoms with Gasteiger partial charge in [0.25, 0.3) is 0 Å². The third kappa shape index (κ3) is 2.10. The van der Waals surface area contributed by atoms with Crippen LogP contribution in [0.15, 0.2) is 12.4 Å². The van der Waals surface area contributed by atoms with Crippen LogP contribution in [0.2, 0.25) is 10.0 Å². The van der Waals surface area contributed by atoms with Crippen molar-refractivity contribution in [2.75, 3.05) is 0 Å². The summed E-state index contributed by atoms with van der Waals surface area (Å²) < 4.78 is 0. The standard InChI is InChI=1S/C8H6Cl2N2/c9-7-4-12-5-8(10)6(7)2-1-3-11/h4-5H,1-2H2. The van der Waals surface area contributed by atoms with Gasteiger partial charge in [0.1, 0.15) is 0 Å². The molecule has 0 bridgehead atoms. The Bertz CT molecular complexity index is 297. The molecule has 0 fully saturated rings. The Balaban J connectivity index is 2.90. The third-order valence-electron chi connectivity index (χ3n) is 1.44. The number of halogens is 2. The topological polar surface area (TPSA) is 36.7 Å². The Morgan fingerprint density at radius 2 is 1.92 bits per heavy atom. The molecule has 0 N–H and O–H groups in total. The monoisotopic (exact) mass is 200 g/mol. The van der Waals surface area contributed by atoms with Crippen molar-refractivity contribution >= 4 is 23.2 Å². The molecule has 4 heteroatoms. The van der Waals surface area contributed by atoms with Crippen molar-refractivity contribution in [3.05, 3.63) is 28.0 Å². The van der Waals surface area contributed by atoms with Crippen molar-refractivity contribution in [3.63, 3.8) is 0 Å². The van der Waals surface area contributed by atoms with E-state index in [1.807, 2.05) is 6.07 Å². The summed E-state index contributed by atoms with van der Waals surface area (Å²) in [6.07, 6.45) is 4.06. The largest absolute Gasteiger partial charge is 0.262 e. The molecule has 0 atom stereocenters. The Morgan fingerprint density at radius 1 is 1.33 bits per heavy atom. The predicted molar refractivity (Wildman–Crippen MR) is 48.2 cm³/mol. The van der Waals surface area contributed by atoms with Crippen LogP contribution in [0, 0.1) is 11.3 Å². The molecule has 1 rings (SSSR count). The number of hydrogen-bond donors (Lipinski definition) is 0. The van der Waals surface area contributed by atoms with E-state index in [0.717, 1.165) is 5.56 Å². The second kappa shape index (κ2) is 4.30. The lowest BCUT2D eigenvalue weighted by Crippen LogP contribution is -1.88. The molecule has 62 valence electrons. The van der Waals surface area contributed by atoms with E-state index in [1.54, 1.807) is 0 Å². The molecule has 1 aromatic heterocycles. The maximum Gasteiger partial charge on any atom is 0.0636 e. The van der Waals surface area contributed by atoms with Gasteiger partial charge in [-0.2, -0.15) is 5.26 Å². The minimum Gasteiger partial charge on any atom is -0.262 e. The molecule has 0 radical (unpaired) electrons. The van der Waals surface area contributed by atoms with E-state index in [4.69, 9.17) is 28.5 Å². The summed E-state index contributed by atoms with van der Waals surface area (Å²) in [6.45, 7) is 0. The second-order valence-electron chi connectivity index (χ2n) is 2.24. The molecule has 0 aliphatic carbocycles. The summed E-state index contributed by atoms with van der Waals surface area (Å²) in [7, 11) is 0. The van der Waals surface area contributed by atoms with Crippen molar-refractivity contribution in [1.82, 2.24) is 4.98 Å². The van der Waals surface area contributed by atoms with Gasteiger partial charge in [-0.25, -0.2) is 0 Å². The molecule has 0 saturated heterocycles. The maximum atomic E-state index is 8.36. The van der Waals surface area contributed by atoms with Gasteiger partial charge in [-0.3, -0.25) is 4.98 Å². The summed E-state index contributed by atoms with van der Waals surface area (Å²) in [5.74, 6) is 0. The average molecular weight is 201 g/mol. The molecule has 0 unspecified atom stereocenters. The van der Waals surface area contributed by atoms with Crippen LogP contribution < -0.4 is 0 Å². The Labute approximate surface area is 80.7 Å². The highest BCUT2D eigenvalue weighted by atomic mass is 35.5. The second-order valence-corrected chi connectivity index (χ2v) is 3.05. The Kier molecular flexibility index (Phi) is 3.33. The van der Waals surface area contributed by atoms with Crippen molar-refractivity contribution in [3.8, 4) is 6.07 Å². The fourth-order valence-corrected chi connectivity index (χ4v) is 1.41. The normalized spacial score (nSPS) is 9.42. The van der Waals surface area contributed by atoms with Crippen LogP contribution in [-0.2, 0) is 6.42 Å². The third-order valence-corrected chi connectivity index (χ3v) is 2.09. The van der Waals surface area contributed by atoms with Crippen LogP contribution >= 0.6 is 23.2 Å². The number of nitriles is 1. The lowest BCUT2D eigenvalue weighted by Gasteiger charge is -2.01. The first-order valence-corrected chi connectivity index (χ1v) is 4.16. The number of nitrogens with zero attached hydrogens (tertiary/aromatic N) is 2. The SMILES string of the molecule is N#CCCc1c(Cl)cncc1Cl. The molecule has 12 heavy (non-hydrogen) atoms.